The number of anilines is 2. The van der Waals surface area contributed by atoms with Gasteiger partial charge in [0, 0.05) is 12.3 Å². The Bertz CT molecular complexity index is 921. The predicted molar refractivity (Wildman–Crippen MR) is 81.2 cm³/mol. The number of hydrogen-bond acceptors (Lipinski definition) is 7. The van der Waals surface area contributed by atoms with E-state index in [1.807, 2.05) is 6.07 Å². The van der Waals surface area contributed by atoms with Gasteiger partial charge in [0.25, 0.3) is 5.56 Å². The molecule has 0 fully saturated rings. The van der Waals surface area contributed by atoms with Crippen LogP contribution in [0.2, 0.25) is 0 Å². The molecule has 0 aliphatic heterocycles. The van der Waals surface area contributed by atoms with Crippen molar-refractivity contribution in [1.29, 1.82) is 5.26 Å². The highest BCUT2D eigenvalue weighted by molar-refractivity contribution is 5.69. The van der Waals surface area contributed by atoms with Gasteiger partial charge < -0.3 is 15.0 Å². The molecule has 0 bridgehead atoms. The molecule has 3 aromatic heterocycles. The van der Waals surface area contributed by atoms with Crippen molar-refractivity contribution >= 4 is 11.6 Å². The van der Waals surface area contributed by atoms with Gasteiger partial charge in [-0.3, -0.25) is 9.89 Å². The second-order valence-corrected chi connectivity index (χ2v) is 4.44. The van der Waals surface area contributed by atoms with E-state index >= 15 is 0 Å². The van der Waals surface area contributed by atoms with Gasteiger partial charge in [-0.05, 0) is 6.07 Å². The van der Waals surface area contributed by atoms with Crippen LogP contribution in [0.1, 0.15) is 5.69 Å². The van der Waals surface area contributed by atoms with Crippen molar-refractivity contribution in [3.8, 4) is 23.1 Å². The molecule has 3 rings (SSSR count). The molecule has 3 N–H and O–H groups in total. The number of rotatable bonds is 4. The average molecular weight is 309 g/mol. The van der Waals surface area contributed by atoms with Gasteiger partial charge in [-0.1, -0.05) is 0 Å². The van der Waals surface area contributed by atoms with Crippen LogP contribution in [0.3, 0.4) is 0 Å². The third kappa shape index (κ3) is 2.86. The van der Waals surface area contributed by atoms with E-state index in [4.69, 9.17) is 10.00 Å². The summed E-state index contributed by atoms with van der Waals surface area (Å²) in [4.78, 5) is 22.5. The summed E-state index contributed by atoms with van der Waals surface area (Å²) in [6.45, 7) is 0. The molecule has 0 saturated carbocycles. The number of nitrogens with one attached hydrogen (secondary N) is 3. The topological polar surface area (TPSA) is 132 Å². The SMILES string of the molecule is COc1cc[nH]c(=O)c1-c1cc(Nc2cnc(C#N)cn2)n[nH]1. The van der Waals surface area contributed by atoms with Crippen LogP contribution in [-0.4, -0.2) is 32.3 Å². The zero-order valence-corrected chi connectivity index (χ0v) is 12.0. The van der Waals surface area contributed by atoms with E-state index in [2.05, 4.69) is 30.5 Å². The summed E-state index contributed by atoms with van der Waals surface area (Å²) >= 11 is 0. The zero-order chi connectivity index (χ0) is 16.2. The van der Waals surface area contributed by atoms with Gasteiger partial charge in [-0.25, -0.2) is 9.97 Å². The predicted octanol–water partition coefficient (Wildman–Crippen LogP) is 1.18. The van der Waals surface area contributed by atoms with Crippen LogP contribution in [0.15, 0.2) is 35.5 Å². The van der Waals surface area contributed by atoms with E-state index in [1.165, 1.54) is 25.7 Å². The molecule has 0 saturated heterocycles. The maximum Gasteiger partial charge on any atom is 0.261 e. The van der Waals surface area contributed by atoms with E-state index in [9.17, 15) is 4.79 Å². The summed E-state index contributed by atoms with van der Waals surface area (Å²) in [7, 11) is 1.49. The number of nitriles is 1. The van der Waals surface area contributed by atoms with Gasteiger partial charge in [0.15, 0.2) is 11.5 Å². The minimum Gasteiger partial charge on any atom is -0.496 e. The van der Waals surface area contributed by atoms with Crippen LogP contribution >= 0.6 is 0 Å². The summed E-state index contributed by atoms with van der Waals surface area (Å²) < 4.78 is 5.19. The molecular formula is C14H11N7O2. The molecule has 3 heterocycles. The van der Waals surface area contributed by atoms with Crippen LogP contribution in [0.5, 0.6) is 5.75 Å². The molecule has 23 heavy (non-hydrogen) atoms. The van der Waals surface area contributed by atoms with Crippen LogP contribution in [0, 0.1) is 11.3 Å². The molecule has 0 aliphatic carbocycles. The molecule has 0 spiro atoms. The van der Waals surface area contributed by atoms with Crippen LogP contribution < -0.4 is 15.6 Å². The zero-order valence-electron chi connectivity index (χ0n) is 12.0. The second kappa shape index (κ2) is 5.98. The molecule has 0 amide bonds. The molecule has 9 heteroatoms. The Hall–Kier alpha value is -3.67. The smallest absolute Gasteiger partial charge is 0.261 e. The summed E-state index contributed by atoms with van der Waals surface area (Å²) in [5, 5.41) is 18.4. The van der Waals surface area contributed by atoms with Crippen molar-refractivity contribution in [3.05, 3.63) is 46.8 Å². The summed E-state index contributed by atoms with van der Waals surface area (Å²) in [6.07, 6.45) is 4.27. The first kappa shape index (κ1) is 14.3. The third-order valence-electron chi connectivity index (χ3n) is 3.01. The van der Waals surface area contributed by atoms with Crippen molar-refractivity contribution in [2.75, 3.05) is 12.4 Å². The summed E-state index contributed by atoms with van der Waals surface area (Å²) in [5.41, 5.74) is 0.769. The minimum absolute atomic E-state index is 0.221. The van der Waals surface area contributed by atoms with Gasteiger partial charge in [-0.2, -0.15) is 10.4 Å². The number of pyridine rings is 1. The Morgan fingerprint density at radius 2 is 2.17 bits per heavy atom. The number of H-pyrrole nitrogens is 2. The molecule has 3 aromatic rings. The maximum atomic E-state index is 12.0. The van der Waals surface area contributed by atoms with Crippen molar-refractivity contribution in [2.24, 2.45) is 0 Å². The van der Waals surface area contributed by atoms with E-state index in [1.54, 1.807) is 12.1 Å². The van der Waals surface area contributed by atoms with Crippen molar-refractivity contribution in [1.82, 2.24) is 25.1 Å². The minimum atomic E-state index is -0.294. The molecule has 0 aromatic carbocycles. The molecular weight excluding hydrogens is 298 g/mol. The fourth-order valence-electron chi connectivity index (χ4n) is 1.98. The highest BCUT2D eigenvalue weighted by Crippen LogP contribution is 2.26. The lowest BCUT2D eigenvalue weighted by atomic mass is 10.2. The molecule has 0 unspecified atom stereocenters. The number of aromatic amines is 2. The van der Waals surface area contributed by atoms with Gasteiger partial charge in [-0.15, -0.1) is 0 Å². The standard InChI is InChI=1S/C14H11N7O2/c1-23-10-2-3-16-14(22)13(10)9-4-11(21-20-9)19-12-7-17-8(5-15)6-18-12/h2-4,6-7H,1H3,(H,16,22)(H2,18,19,20,21). The molecule has 0 atom stereocenters. The number of ether oxygens (including phenoxy) is 1. The second-order valence-electron chi connectivity index (χ2n) is 4.44. The van der Waals surface area contributed by atoms with E-state index in [-0.39, 0.29) is 11.3 Å². The largest absolute Gasteiger partial charge is 0.496 e. The quantitative estimate of drug-likeness (QED) is 0.659. The maximum absolute atomic E-state index is 12.0. The number of aromatic nitrogens is 5. The molecule has 114 valence electrons. The normalized spacial score (nSPS) is 10.1. The first-order valence-corrected chi connectivity index (χ1v) is 6.52. The van der Waals surface area contributed by atoms with Gasteiger partial charge in [0.2, 0.25) is 0 Å². The Morgan fingerprint density at radius 1 is 1.30 bits per heavy atom. The first-order chi connectivity index (χ1) is 11.2. The van der Waals surface area contributed by atoms with Crippen LogP contribution in [0.25, 0.3) is 11.3 Å². The van der Waals surface area contributed by atoms with Crippen molar-refractivity contribution < 1.29 is 4.74 Å². The van der Waals surface area contributed by atoms with E-state index in [0.717, 1.165) is 0 Å². The summed E-state index contributed by atoms with van der Waals surface area (Å²) in [5.74, 6) is 1.31. The van der Waals surface area contributed by atoms with Crippen LogP contribution in [0.4, 0.5) is 11.6 Å². The molecule has 0 aliphatic rings. The van der Waals surface area contributed by atoms with Crippen molar-refractivity contribution in [2.45, 2.75) is 0 Å². The fraction of sp³-hybridized carbons (Fsp3) is 0.0714. The number of methoxy groups -OCH3 is 1. The Morgan fingerprint density at radius 3 is 2.87 bits per heavy atom. The van der Waals surface area contributed by atoms with E-state index in [0.29, 0.717) is 28.6 Å². The molecule has 9 nitrogen and oxygen atoms in total. The Balaban J connectivity index is 1.89. The first-order valence-electron chi connectivity index (χ1n) is 6.52. The fourth-order valence-corrected chi connectivity index (χ4v) is 1.98. The Kier molecular flexibility index (Phi) is 3.71. The monoisotopic (exact) mass is 309 g/mol. The highest BCUT2D eigenvalue weighted by atomic mass is 16.5. The lowest BCUT2D eigenvalue weighted by Gasteiger charge is -2.04. The van der Waals surface area contributed by atoms with E-state index < -0.39 is 0 Å². The summed E-state index contributed by atoms with van der Waals surface area (Å²) in [6, 6.07) is 5.18. The van der Waals surface area contributed by atoms with Gasteiger partial charge in [0.05, 0.1) is 25.2 Å². The lowest BCUT2D eigenvalue weighted by Crippen LogP contribution is -2.09. The van der Waals surface area contributed by atoms with Gasteiger partial charge >= 0.3 is 0 Å². The number of nitrogens with zero attached hydrogens (tertiary/aromatic N) is 4. The lowest BCUT2D eigenvalue weighted by molar-refractivity contribution is 0.415. The highest BCUT2D eigenvalue weighted by Gasteiger charge is 2.13. The van der Waals surface area contributed by atoms with Gasteiger partial charge in [0.1, 0.15) is 23.2 Å². The van der Waals surface area contributed by atoms with Crippen molar-refractivity contribution in [3.63, 3.8) is 0 Å². The third-order valence-corrected chi connectivity index (χ3v) is 3.01. The van der Waals surface area contributed by atoms with Crippen LogP contribution in [-0.2, 0) is 0 Å². The Labute approximate surface area is 130 Å². The molecule has 0 radical (unpaired) electrons. The average Bonchev–Trinajstić information content (AvgIpc) is 3.03. The number of hydrogen-bond donors (Lipinski definition) is 3.